The van der Waals surface area contributed by atoms with Crippen LogP contribution in [-0.4, -0.2) is 31.2 Å². The monoisotopic (exact) mass is 446 g/mol. The van der Waals surface area contributed by atoms with Crippen LogP contribution in [0.25, 0.3) is 0 Å². The molecule has 1 saturated heterocycles. The Morgan fingerprint density at radius 2 is 1.79 bits per heavy atom. The third-order valence-electron chi connectivity index (χ3n) is 4.63. The lowest BCUT2D eigenvalue weighted by molar-refractivity contribution is -0.137. The van der Waals surface area contributed by atoms with Crippen LogP contribution in [0.1, 0.15) is 24.8 Å². The Bertz CT molecular complexity index is 995. The molecule has 2 aromatic carbocycles. The predicted molar refractivity (Wildman–Crippen MR) is 103 cm³/mol. The van der Waals surface area contributed by atoms with E-state index in [1.807, 2.05) is 0 Å². The average molecular weight is 447 g/mol. The van der Waals surface area contributed by atoms with Crippen molar-refractivity contribution >= 4 is 33.2 Å². The maximum absolute atomic E-state index is 13.0. The van der Waals surface area contributed by atoms with E-state index >= 15 is 0 Å². The average Bonchev–Trinajstić information content (AvgIpc) is 2.68. The van der Waals surface area contributed by atoms with Gasteiger partial charge >= 0.3 is 6.18 Å². The van der Waals surface area contributed by atoms with Crippen LogP contribution in [0.5, 0.6) is 0 Å². The van der Waals surface area contributed by atoms with Gasteiger partial charge in [0.25, 0.3) is 0 Å². The molecule has 1 amide bonds. The largest absolute Gasteiger partial charge is 0.416 e. The van der Waals surface area contributed by atoms with Gasteiger partial charge in [0.15, 0.2) is 0 Å². The Kier molecular flexibility index (Phi) is 6.21. The third-order valence-corrected chi connectivity index (χ3v) is 6.81. The van der Waals surface area contributed by atoms with Crippen molar-refractivity contribution in [2.45, 2.75) is 36.4 Å². The van der Waals surface area contributed by atoms with Crippen molar-refractivity contribution in [3.05, 3.63) is 59.1 Å². The fraction of sp³-hybridized carbons (Fsp3) is 0.316. The number of nitrogens with zero attached hydrogens (tertiary/aromatic N) is 1. The SMILES string of the molecule is O=C(Nc1cccc(C(F)(F)F)c1)[C@H]1CCCCN1S(=O)(=O)c1ccc(Cl)cc1. The number of alkyl halides is 3. The Hall–Kier alpha value is -2.10. The number of amides is 1. The minimum Gasteiger partial charge on any atom is -0.325 e. The second kappa shape index (κ2) is 8.33. The Balaban J connectivity index is 1.84. The molecule has 0 saturated carbocycles. The summed E-state index contributed by atoms with van der Waals surface area (Å²) in [5.74, 6) is -0.665. The first-order valence-electron chi connectivity index (χ1n) is 8.84. The number of hydrogen-bond acceptors (Lipinski definition) is 3. The van der Waals surface area contributed by atoms with Gasteiger partial charge in [-0.25, -0.2) is 8.42 Å². The summed E-state index contributed by atoms with van der Waals surface area (Å²) >= 11 is 5.81. The van der Waals surface area contributed by atoms with Crippen LogP contribution in [0.2, 0.25) is 5.02 Å². The van der Waals surface area contributed by atoms with Crippen molar-refractivity contribution in [3.8, 4) is 0 Å². The molecule has 3 rings (SSSR count). The van der Waals surface area contributed by atoms with Gasteiger partial charge in [0.2, 0.25) is 15.9 Å². The summed E-state index contributed by atoms with van der Waals surface area (Å²) in [6, 6.07) is 8.80. The van der Waals surface area contributed by atoms with Crippen molar-refractivity contribution in [2.24, 2.45) is 0 Å². The van der Waals surface area contributed by atoms with Gasteiger partial charge in [0.1, 0.15) is 6.04 Å². The molecule has 1 fully saturated rings. The fourth-order valence-corrected chi connectivity index (χ4v) is 4.98. The van der Waals surface area contributed by atoms with Crippen LogP contribution in [0.15, 0.2) is 53.4 Å². The number of nitrogens with one attached hydrogen (secondary N) is 1. The summed E-state index contributed by atoms with van der Waals surface area (Å²) in [4.78, 5) is 12.8. The molecule has 29 heavy (non-hydrogen) atoms. The first-order chi connectivity index (χ1) is 13.6. The number of benzene rings is 2. The van der Waals surface area contributed by atoms with Crippen LogP contribution < -0.4 is 5.32 Å². The smallest absolute Gasteiger partial charge is 0.325 e. The highest BCUT2D eigenvalue weighted by atomic mass is 35.5. The first kappa shape index (κ1) is 21.6. The second-order valence-electron chi connectivity index (χ2n) is 6.65. The summed E-state index contributed by atoms with van der Waals surface area (Å²) < 4.78 is 65.8. The molecule has 1 heterocycles. The van der Waals surface area contributed by atoms with Crippen LogP contribution in [0, 0.1) is 0 Å². The summed E-state index contributed by atoms with van der Waals surface area (Å²) in [5, 5.41) is 2.80. The Morgan fingerprint density at radius 3 is 2.45 bits per heavy atom. The minimum atomic E-state index is -4.55. The standard InChI is InChI=1S/C19H18ClF3N2O3S/c20-14-7-9-16(10-8-14)29(27,28)25-11-2-1-6-17(25)18(26)24-15-5-3-4-13(12-15)19(21,22)23/h3-5,7-10,12,17H,1-2,6,11H2,(H,24,26)/t17-/m1/s1. The van der Waals surface area contributed by atoms with Crippen LogP contribution in [0.3, 0.4) is 0 Å². The minimum absolute atomic E-state index is 0.000619. The quantitative estimate of drug-likeness (QED) is 0.749. The molecule has 0 bridgehead atoms. The summed E-state index contributed by atoms with van der Waals surface area (Å²) in [7, 11) is -3.96. The van der Waals surface area contributed by atoms with E-state index in [1.54, 1.807) is 0 Å². The van der Waals surface area contributed by atoms with Crippen molar-refractivity contribution in [1.82, 2.24) is 4.31 Å². The van der Waals surface area contributed by atoms with E-state index in [-0.39, 0.29) is 23.5 Å². The molecule has 1 N–H and O–H groups in total. The van der Waals surface area contributed by atoms with Gasteiger partial charge in [-0.3, -0.25) is 4.79 Å². The van der Waals surface area contributed by atoms with Gasteiger partial charge in [-0.15, -0.1) is 0 Å². The van der Waals surface area contributed by atoms with Crippen molar-refractivity contribution < 1.29 is 26.4 Å². The number of hydrogen-bond donors (Lipinski definition) is 1. The van der Waals surface area contributed by atoms with E-state index in [0.29, 0.717) is 17.9 Å². The molecule has 2 aromatic rings. The molecule has 5 nitrogen and oxygen atoms in total. The fourth-order valence-electron chi connectivity index (χ4n) is 3.20. The molecule has 0 radical (unpaired) electrons. The first-order valence-corrected chi connectivity index (χ1v) is 10.7. The second-order valence-corrected chi connectivity index (χ2v) is 8.98. The van der Waals surface area contributed by atoms with E-state index in [0.717, 1.165) is 16.4 Å². The lowest BCUT2D eigenvalue weighted by Crippen LogP contribution is -2.49. The van der Waals surface area contributed by atoms with Crippen LogP contribution >= 0.6 is 11.6 Å². The van der Waals surface area contributed by atoms with Gasteiger partial charge < -0.3 is 5.32 Å². The Labute approximate surface area is 171 Å². The van der Waals surface area contributed by atoms with Gasteiger partial charge in [-0.05, 0) is 55.3 Å². The van der Waals surface area contributed by atoms with Crippen molar-refractivity contribution in [3.63, 3.8) is 0 Å². The highest BCUT2D eigenvalue weighted by Crippen LogP contribution is 2.31. The number of piperidine rings is 1. The molecule has 156 valence electrons. The normalized spacial score (nSPS) is 18.4. The summed E-state index contributed by atoms with van der Waals surface area (Å²) in [6.07, 6.45) is -3.05. The number of halogens is 4. The maximum atomic E-state index is 13.0. The van der Waals surface area contributed by atoms with E-state index in [2.05, 4.69) is 5.32 Å². The van der Waals surface area contributed by atoms with E-state index in [9.17, 15) is 26.4 Å². The zero-order chi connectivity index (χ0) is 21.2. The van der Waals surface area contributed by atoms with Gasteiger partial charge in [-0.2, -0.15) is 17.5 Å². The predicted octanol–water partition coefficient (Wildman–Crippen LogP) is 4.54. The zero-order valence-electron chi connectivity index (χ0n) is 15.1. The van der Waals surface area contributed by atoms with Gasteiger partial charge in [0.05, 0.1) is 10.5 Å². The molecule has 1 aliphatic heterocycles. The highest BCUT2D eigenvalue weighted by Gasteiger charge is 2.38. The number of anilines is 1. The van der Waals surface area contributed by atoms with Crippen LogP contribution in [-0.2, 0) is 21.0 Å². The van der Waals surface area contributed by atoms with E-state index < -0.39 is 33.7 Å². The topological polar surface area (TPSA) is 66.5 Å². The van der Waals surface area contributed by atoms with Crippen molar-refractivity contribution in [1.29, 1.82) is 0 Å². The Morgan fingerprint density at radius 1 is 1.10 bits per heavy atom. The number of carbonyl (C=O) groups is 1. The highest BCUT2D eigenvalue weighted by molar-refractivity contribution is 7.89. The van der Waals surface area contributed by atoms with E-state index in [4.69, 9.17) is 11.6 Å². The molecule has 1 atom stereocenters. The summed E-state index contributed by atoms with van der Waals surface area (Å²) in [6.45, 7) is 0.144. The molecular weight excluding hydrogens is 429 g/mol. The third kappa shape index (κ3) is 4.91. The van der Waals surface area contributed by atoms with Crippen molar-refractivity contribution in [2.75, 3.05) is 11.9 Å². The zero-order valence-corrected chi connectivity index (χ0v) is 16.7. The van der Waals surface area contributed by atoms with Gasteiger partial charge in [0, 0.05) is 17.3 Å². The molecule has 0 aliphatic carbocycles. The van der Waals surface area contributed by atoms with Crippen LogP contribution in [0.4, 0.5) is 18.9 Å². The number of carbonyl (C=O) groups excluding carboxylic acids is 1. The van der Waals surface area contributed by atoms with E-state index in [1.165, 1.54) is 36.4 Å². The molecule has 1 aliphatic rings. The maximum Gasteiger partial charge on any atom is 0.416 e. The number of sulfonamides is 1. The number of rotatable bonds is 4. The van der Waals surface area contributed by atoms with Gasteiger partial charge in [-0.1, -0.05) is 24.1 Å². The molecular formula is C19H18ClF3N2O3S. The summed E-state index contributed by atoms with van der Waals surface area (Å²) in [5.41, 5.74) is -0.941. The lowest BCUT2D eigenvalue weighted by atomic mass is 10.0. The molecule has 0 aromatic heterocycles. The lowest BCUT2D eigenvalue weighted by Gasteiger charge is -2.33. The molecule has 0 spiro atoms. The molecule has 0 unspecified atom stereocenters. The molecule has 10 heteroatoms.